The molecule has 47 heavy (non-hydrogen) atoms. The van der Waals surface area contributed by atoms with E-state index in [4.69, 9.17) is 5.26 Å². The average Bonchev–Trinajstić information content (AvgIpc) is 3.75. The lowest BCUT2D eigenvalue weighted by atomic mass is 10.1. The largest absolute Gasteiger partial charge is 0.368 e. The number of carbonyl (C=O) groups excluding carboxylic acids is 3. The van der Waals surface area contributed by atoms with Crippen LogP contribution in [0.25, 0.3) is 0 Å². The molecule has 0 atom stereocenters. The molecule has 2 aliphatic heterocycles. The van der Waals surface area contributed by atoms with E-state index in [-0.39, 0.29) is 17.6 Å². The van der Waals surface area contributed by atoms with Crippen LogP contribution in [0.1, 0.15) is 46.4 Å². The molecule has 10 heteroatoms. The molecule has 0 aliphatic carbocycles. The monoisotopic (exact) mass is 644 g/mol. The van der Waals surface area contributed by atoms with Crippen LogP contribution >= 0.6 is 11.8 Å². The lowest BCUT2D eigenvalue weighted by Gasteiger charge is -2.36. The summed E-state index contributed by atoms with van der Waals surface area (Å²) >= 11 is 1.59. The first kappa shape index (κ1) is 31.8. The van der Waals surface area contributed by atoms with Gasteiger partial charge in [-0.05, 0) is 77.9 Å². The van der Waals surface area contributed by atoms with E-state index in [1.165, 1.54) is 0 Å². The molecule has 0 spiro atoms. The molecule has 9 nitrogen and oxygen atoms in total. The Bertz CT molecular complexity index is 1790. The van der Waals surface area contributed by atoms with E-state index in [2.05, 4.69) is 16.0 Å². The molecule has 0 radical (unpaired) electrons. The van der Waals surface area contributed by atoms with Crippen LogP contribution in [0, 0.1) is 11.3 Å². The van der Waals surface area contributed by atoms with Crippen molar-refractivity contribution in [1.82, 2.24) is 14.5 Å². The van der Waals surface area contributed by atoms with E-state index in [0.717, 1.165) is 53.5 Å². The minimum Gasteiger partial charge on any atom is -0.368 e. The Morgan fingerprint density at radius 1 is 0.936 bits per heavy atom. The first-order valence-corrected chi connectivity index (χ1v) is 16.8. The zero-order chi connectivity index (χ0) is 32.6. The van der Waals surface area contributed by atoms with Crippen molar-refractivity contribution in [3.63, 3.8) is 0 Å². The van der Waals surface area contributed by atoms with Crippen LogP contribution in [0.15, 0.2) is 102 Å². The number of benzene rings is 3. The van der Waals surface area contributed by atoms with Crippen LogP contribution < -0.4 is 9.80 Å². The van der Waals surface area contributed by atoms with Gasteiger partial charge in [0.05, 0.1) is 36.0 Å². The van der Waals surface area contributed by atoms with Gasteiger partial charge in [-0.1, -0.05) is 30.3 Å². The fourth-order valence-electron chi connectivity index (χ4n) is 5.88. The first-order chi connectivity index (χ1) is 23.0. The molecule has 0 unspecified atom stereocenters. The maximum atomic E-state index is 13.9. The molecule has 0 N–H and O–H groups in total. The lowest BCUT2D eigenvalue weighted by molar-refractivity contribution is -0.131. The van der Waals surface area contributed by atoms with Crippen molar-refractivity contribution in [2.75, 3.05) is 41.7 Å². The SMILES string of the molecule is N#Cc1ccc(Cn2cncc2CN(C(=O)c2ccccc2)c2ccc(N3CCN(C(=O)CCCC4=CC(=O)CS4)CC3)cc2)cc1. The van der Waals surface area contributed by atoms with E-state index in [0.29, 0.717) is 49.5 Å². The predicted molar refractivity (Wildman–Crippen MR) is 184 cm³/mol. The van der Waals surface area contributed by atoms with Crippen molar-refractivity contribution >= 4 is 40.7 Å². The zero-order valence-corrected chi connectivity index (χ0v) is 26.9. The van der Waals surface area contributed by atoms with Gasteiger partial charge in [-0.2, -0.15) is 5.26 Å². The highest BCUT2D eigenvalue weighted by molar-refractivity contribution is 8.04. The fraction of sp³-hybridized carbons (Fsp3) is 0.270. The third-order valence-corrected chi connectivity index (χ3v) is 9.64. The van der Waals surface area contributed by atoms with Crippen molar-refractivity contribution < 1.29 is 14.4 Å². The Kier molecular flexibility index (Phi) is 10.1. The number of ketones is 1. The topological polar surface area (TPSA) is 103 Å². The van der Waals surface area contributed by atoms with Crippen LogP contribution in [0.2, 0.25) is 0 Å². The van der Waals surface area contributed by atoms with E-state index >= 15 is 0 Å². The third-order valence-electron chi connectivity index (χ3n) is 8.52. The number of aromatic nitrogens is 2. The number of thioether (sulfide) groups is 1. The summed E-state index contributed by atoms with van der Waals surface area (Å²) in [4.78, 5) is 49.6. The van der Waals surface area contributed by atoms with Crippen molar-refractivity contribution in [3.8, 4) is 6.07 Å². The molecule has 1 saturated heterocycles. The summed E-state index contributed by atoms with van der Waals surface area (Å²) in [7, 11) is 0. The highest BCUT2D eigenvalue weighted by Crippen LogP contribution is 2.28. The third kappa shape index (κ3) is 7.99. The molecule has 2 aliphatic rings. The van der Waals surface area contributed by atoms with Gasteiger partial charge in [0.2, 0.25) is 5.91 Å². The number of piperazine rings is 1. The number of nitriles is 1. The van der Waals surface area contributed by atoms with Gasteiger partial charge in [0.15, 0.2) is 5.78 Å². The quantitative estimate of drug-likeness (QED) is 0.207. The van der Waals surface area contributed by atoms with Crippen LogP contribution in [0.4, 0.5) is 11.4 Å². The van der Waals surface area contributed by atoms with Gasteiger partial charge >= 0.3 is 0 Å². The normalized spacial score (nSPS) is 14.5. The van der Waals surface area contributed by atoms with Crippen molar-refractivity contribution in [2.45, 2.75) is 32.4 Å². The minimum absolute atomic E-state index is 0.106. The number of hydrogen-bond acceptors (Lipinski definition) is 7. The molecule has 0 saturated carbocycles. The van der Waals surface area contributed by atoms with Gasteiger partial charge < -0.3 is 19.3 Å². The van der Waals surface area contributed by atoms with Crippen molar-refractivity contribution in [2.24, 2.45) is 0 Å². The second-order valence-corrected chi connectivity index (χ2v) is 12.8. The van der Waals surface area contributed by atoms with Crippen LogP contribution in [-0.2, 0) is 22.7 Å². The summed E-state index contributed by atoms with van der Waals surface area (Å²) in [5.74, 6) is 0.759. The molecule has 238 valence electrons. The molecule has 1 fully saturated rings. The molecular weight excluding hydrogens is 609 g/mol. The fourth-order valence-corrected chi connectivity index (χ4v) is 6.80. The summed E-state index contributed by atoms with van der Waals surface area (Å²) in [6.45, 7) is 3.71. The molecule has 4 aromatic rings. The van der Waals surface area contributed by atoms with Crippen molar-refractivity contribution in [3.05, 3.63) is 125 Å². The Morgan fingerprint density at radius 3 is 2.36 bits per heavy atom. The summed E-state index contributed by atoms with van der Waals surface area (Å²) in [5.41, 5.74) is 4.96. The minimum atomic E-state index is -0.106. The summed E-state index contributed by atoms with van der Waals surface area (Å²) < 4.78 is 2.02. The summed E-state index contributed by atoms with van der Waals surface area (Å²) in [5, 5.41) is 9.14. The Morgan fingerprint density at radius 2 is 1.68 bits per heavy atom. The first-order valence-electron chi connectivity index (χ1n) is 15.8. The zero-order valence-electron chi connectivity index (χ0n) is 26.1. The summed E-state index contributed by atoms with van der Waals surface area (Å²) in [6, 6.07) is 26.9. The van der Waals surface area contributed by atoms with Gasteiger partial charge in [0, 0.05) is 62.3 Å². The Labute approximate surface area is 279 Å². The van der Waals surface area contributed by atoms with Gasteiger partial charge in [-0.15, -0.1) is 11.8 Å². The van der Waals surface area contributed by atoms with Gasteiger partial charge in [-0.3, -0.25) is 14.4 Å². The summed E-state index contributed by atoms with van der Waals surface area (Å²) in [6.07, 6.45) is 7.32. The maximum Gasteiger partial charge on any atom is 0.258 e. The number of amides is 2. The van der Waals surface area contributed by atoms with E-state index < -0.39 is 0 Å². The molecule has 0 bridgehead atoms. The molecular formula is C37H36N6O3S. The number of imidazole rings is 1. The smallest absolute Gasteiger partial charge is 0.258 e. The Hall–Kier alpha value is -5.14. The number of anilines is 2. The van der Waals surface area contributed by atoms with Gasteiger partial charge in [0.1, 0.15) is 0 Å². The standard InChI is InChI=1S/C37H36N6O3S/c38-22-28-9-11-29(12-10-28)24-42-27-39-23-33(42)25-43(37(46)30-5-2-1-3-6-30)32-15-13-31(14-16-32)40-17-19-41(20-18-40)36(45)8-4-7-35-21-34(44)26-47-35/h1-3,5-6,9-16,21,23,27H,4,7-8,17-20,24-26H2. The maximum absolute atomic E-state index is 13.9. The van der Waals surface area contributed by atoms with Gasteiger partial charge in [-0.25, -0.2) is 4.98 Å². The molecule has 3 aromatic carbocycles. The molecule has 3 heterocycles. The Balaban J connectivity index is 1.11. The number of nitrogens with zero attached hydrogens (tertiary/aromatic N) is 6. The van der Waals surface area contributed by atoms with Crippen LogP contribution in [0.5, 0.6) is 0 Å². The molecule has 2 amide bonds. The molecule has 6 rings (SSSR count). The number of hydrogen-bond donors (Lipinski definition) is 0. The van der Waals surface area contributed by atoms with E-state index in [1.54, 1.807) is 47.4 Å². The lowest BCUT2D eigenvalue weighted by Crippen LogP contribution is -2.48. The second kappa shape index (κ2) is 15.0. The number of rotatable bonds is 11. The molecule has 1 aromatic heterocycles. The number of carbonyl (C=O) groups is 3. The highest BCUT2D eigenvalue weighted by Gasteiger charge is 2.23. The van der Waals surface area contributed by atoms with E-state index in [9.17, 15) is 14.4 Å². The predicted octanol–water partition coefficient (Wildman–Crippen LogP) is 5.67. The second-order valence-electron chi connectivity index (χ2n) is 11.7. The van der Waals surface area contributed by atoms with Crippen molar-refractivity contribution in [1.29, 1.82) is 5.26 Å². The average molecular weight is 645 g/mol. The van der Waals surface area contributed by atoms with E-state index in [1.807, 2.05) is 76.2 Å². The van der Waals surface area contributed by atoms with Crippen LogP contribution in [0.3, 0.4) is 0 Å². The highest BCUT2D eigenvalue weighted by atomic mass is 32.2. The van der Waals surface area contributed by atoms with Gasteiger partial charge in [0.25, 0.3) is 5.91 Å². The number of allylic oxidation sites excluding steroid dienone is 2. The van der Waals surface area contributed by atoms with Crippen LogP contribution in [-0.4, -0.2) is 64.0 Å².